The van der Waals surface area contributed by atoms with Crippen molar-refractivity contribution in [3.05, 3.63) is 52.6 Å². The van der Waals surface area contributed by atoms with Gasteiger partial charge in [-0.15, -0.1) is 0 Å². The summed E-state index contributed by atoms with van der Waals surface area (Å²) >= 11 is 0. The maximum atomic E-state index is 12.4. The van der Waals surface area contributed by atoms with Crippen molar-refractivity contribution in [3.8, 4) is 17.2 Å². The molecule has 0 amide bonds. The van der Waals surface area contributed by atoms with Crippen molar-refractivity contribution >= 4 is 0 Å². The van der Waals surface area contributed by atoms with Crippen LogP contribution >= 0.6 is 0 Å². The van der Waals surface area contributed by atoms with E-state index >= 15 is 0 Å². The monoisotopic (exact) mass is 380 g/mol. The second-order valence-electron chi connectivity index (χ2n) is 7.17. The lowest BCUT2D eigenvalue weighted by atomic mass is 9.95. The Morgan fingerprint density at radius 3 is 2.37 bits per heavy atom. The minimum atomic E-state index is -2.89. The number of methoxy groups -OCH3 is 1. The van der Waals surface area contributed by atoms with E-state index in [0.717, 1.165) is 21.6 Å². The second-order valence-corrected chi connectivity index (χ2v) is 7.17. The summed E-state index contributed by atoms with van der Waals surface area (Å²) < 4.78 is 34.5. The molecule has 6 heteroatoms. The van der Waals surface area contributed by atoms with Gasteiger partial charge in [0.1, 0.15) is 18.8 Å². The molecule has 0 aliphatic rings. The molecular weight excluding hydrogens is 352 g/mol. The summed E-state index contributed by atoms with van der Waals surface area (Å²) in [5.74, 6) is 0.985. The zero-order chi connectivity index (χ0) is 20.1. The molecule has 4 nitrogen and oxygen atoms in total. The predicted octanol–water partition coefficient (Wildman–Crippen LogP) is 3.65. The largest absolute Gasteiger partial charge is 0.507 e. The number of quaternary nitrogens is 1. The molecule has 2 N–H and O–H groups in total. The topological polar surface area (TPSA) is 43.1 Å². The van der Waals surface area contributed by atoms with Crippen LogP contribution < -0.4 is 14.4 Å². The van der Waals surface area contributed by atoms with Crippen LogP contribution in [-0.4, -0.2) is 25.9 Å². The summed E-state index contributed by atoms with van der Waals surface area (Å²) in [6.07, 6.45) is 0. The fourth-order valence-corrected chi connectivity index (χ4v) is 3.27. The number of phenols is 1. The highest BCUT2D eigenvalue weighted by Crippen LogP contribution is 2.29. The summed E-state index contributed by atoms with van der Waals surface area (Å²) in [5.41, 5.74) is 4.14. The second kappa shape index (κ2) is 9.04. The molecule has 1 unspecified atom stereocenters. The Morgan fingerprint density at radius 1 is 1.07 bits per heavy atom. The van der Waals surface area contributed by atoms with Gasteiger partial charge in [0.25, 0.3) is 0 Å². The lowest BCUT2D eigenvalue weighted by Crippen LogP contribution is -3.06. The number of nitrogens with one attached hydrogen (secondary N) is 1. The quantitative estimate of drug-likeness (QED) is 0.735. The molecule has 148 valence electrons. The average molecular weight is 380 g/mol. The Balaban J connectivity index is 2.14. The third-order valence-corrected chi connectivity index (χ3v) is 4.53. The molecule has 0 saturated carbocycles. The van der Waals surface area contributed by atoms with Crippen LogP contribution in [0.15, 0.2) is 30.3 Å². The summed E-state index contributed by atoms with van der Waals surface area (Å²) in [5, 5.41) is 10.3. The van der Waals surface area contributed by atoms with Crippen LogP contribution in [0.25, 0.3) is 0 Å². The van der Waals surface area contributed by atoms with E-state index in [1.165, 1.54) is 18.7 Å². The van der Waals surface area contributed by atoms with Crippen molar-refractivity contribution in [1.82, 2.24) is 0 Å². The van der Waals surface area contributed by atoms with Crippen LogP contribution in [0.3, 0.4) is 0 Å². The van der Waals surface area contributed by atoms with E-state index < -0.39 is 6.61 Å². The number of alkyl halides is 2. The Morgan fingerprint density at radius 2 is 1.78 bits per heavy atom. The summed E-state index contributed by atoms with van der Waals surface area (Å²) in [6, 6.07) is 8.83. The van der Waals surface area contributed by atoms with E-state index in [1.807, 2.05) is 20.0 Å². The van der Waals surface area contributed by atoms with Crippen molar-refractivity contribution in [3.63, 3.8) is 0 Å². The van der Waals surface area contributed by atoms with E-state index in [1.54, 1.807) is 12.1 Å². The van der Waals surface area contributed by atoms with E-state index in [9.17, 15) is 13.9 Å². The molecule has 2 aromatic rings. The first-order valence-electron chi connectivity index (χ1n) is 8.96. The summed E-state index contributed by atoms with van der Waals surface area (Å²) in [7, 11) is 3.44. The lowest BCUT2D eigenvalue weighted by Gasteiger charge is -2.18. The average Bonchev–Trinajstić information content (AvgIpc) is 2.57. The van der Waals surface area contributed by atoms with Gasteiger partial charge in [0.2, 0.25) is 0 Å². The highest BCUT2D eigenvalue weighted by Gasteiger charge is 2.16. The van der Waals surface area contributed by atoms with Gasteiger partial charge in [0.05, 0.1) is 14.2 Å². The number of hydrogen-bond acceptors (Lipinski definition) is 3. The fraction of sp³-hybridized carbons (Fsp3) is 0.429. The zero-order valence-electron chi connectivity index (χ0n) is 16.5. The summed E-state index contributed by atoms with van der Waals surface area (Å²) in [4.78, 5) is 1.15. The molecule has 0 aromatic heterocycles. The van der Waals surface area contributed by atoms with E-state index in [-0.39, 0.29) is 11.5 Å². The minimum Gasteiger partial charge on any atom is -0.507 e. The van der Waals surface area contributed by atoms with Crippen molar-refractivity contribution in [2.24, 2.45) is 0 Å². The van der Waals surface area contributed by atoms with Gasteiger partial charge in [-0.1, -0.05) is 13.8 Å². The fourth-order valence-electron chi connectivity index (χ4n) is 3.27. The molecule has 0 saturated heterocycles. The molecule has 0 heterocycles. The third-order valence-electron chi connectivity index (χ3n) is 4.53. The van der Waals surface area contributed by atoms with Gasteiger partial charge in [-0.3, -0.25) is 0 Å². The standard InChI is InChI=1S/C21H27F2NO3/c1-13(2)17-10-16(18(25)8-14(17)3)12-24(4)11-15-6-7-19(27-21(22)23)20(9-15)26-5/h6-10,13,21,25H,11-12H2,1-5H3/p+1. The van der Waals surface area contributed by atoms with Crippen LogP contribution in [0, 0.1) is 6.92 Å². The Labute approximate surface area is 159 Å². The number of halogens is 2. The normalized spacial score (nSPS) is 12.5. The molecule has 2 aromatic carbocycles. The Kier molecular flexibility index (Phi) is 7.02. The first kappa shape index (κ1) is 21.0. The molecule has 0 radical (unpaired) electrons. The number of aryl methyl sites for hydroxylation is 1. The lowest BCUT2D eigenvalue weighted by molar-refractivity contribution is -0.907. The number of ether oxygens (including phenoxy) is 2. The number of phenolic OH excluding ortho intramolecular Hbond substituents is 1. The molecule has 0 aliphatic carbocycles. The maximum absolute atomic E-state index is 12.4. The van der Waals surface area contributed by atoms with E-state index in [2.05, 4.69) is 24.7 Å². The molecular formula is C21H28F2NO3+. The smallest absolute Gasteiger partial charge is 0.387 e. The minimum absolute atomic E-state index is 0.0201. The van der Waals surface area contributed by atoms with Crippen LogP contribution in [0.5, 0.6) is 17.2 Å². The molecule has 2 rings (SSSR count). The number of aromatic hydroxyl groups is 1. The van der Waals surface area contributed by atoms with Crippen LogP contribution in [0.4, 0.5) is 8.78 Å². The predicted molar refractivity (Wildman–Crippen MR) is 101 cm³/mol. The van der Waals surface area contributed by atoms with Crippen molar-refractivity contribution in [2.45, 2.75) is 46.4 Å². The number of benzene rings is 2. The first-order chi connectivity index (χ1) is 12.7. The van der Waals surface area contributed by atoms with Gasteiger partial charge >= 0.3 is 6.61 Å². The highest BCUT2D eigenvalue weighted by molar-refractivity contribution is 5.43. The van der Waals surface area contributed by atoms with Gasteiger partial charge in [-0.25, -0.2) is 0 Å². The molecule has 0 spiro atoms. The SMILES string of the molecule is COc1cc(C[NH+](C)Cc2cc(C(C)C)c(C)cc2O)ccc1OC(F)F. The first-order valence-corrected chi connectivity index (χ1v) is 8.96. The van der Waals surface area contributed by atoms with E-state index in [4.69, 9.17) is 4.74 Å². The Hall–Kier alpha value is -2.34. The number of hydrogen-bond donors (Lipinski definition) is 2. The molecule has 27 heavy (non-hydrogen) atoms. The van der Waals surface area contributed by atoms with Crippen molar-refractivity contribution in [1.29, 1.82) is 0 Å². The van der Waals surface area contributed by atoms with Gasteiger partial charge in [0.15, 0.2) is 11.5 Å². The van der Waals surface area contributed by atoms with Crippen LogP contribution in [-0.2, 0) is 13.1 Å². The van der Waals surface area contributed by atoms with Crippen molar-refractivity contribution in [2.75, 3.05) is 14.2 Å². The molecule has 0 fully saturated rings. The zero-order valence-corrected chi connectivity index (χ0v) is 16.5. The van der Waals surface area contributed by atoms with Gasteiger partial charge < -0.3 is 19.5 Å². The van der Waals surface area contributed by atoms with Crippen LogP contribution in [0.2, 0.25) is 0 Å². The third kappa shape index (κ3) is 5.57. The number of rotatable bonds is 8. The van der Waals surface area contributed by atoms with Gasteiger partial charge in [-0.05, 0) is 54.3 Å². The summed E-state index contributed by atoms with van der Waals surface area (Å²) in [6.45, 7) is 4.67. The molecule has 0 aliphatic heterocycles. The van der Waals surface area contributed by atoms with E-state index in [0.29, 0.717) is 24.8 Å². The van der Waals surface area contributed by atoms with Crippen molar-refractivity contribution < 1.29 is 28.3 Å². The highest BCUT2D eigenvalue weighted by atomic mass is 19.3. The Bertz CT molecular complexity index is 778. The van der Waals surface area contributed by atoms with Gasteiger partial charge in [-0.2, -0.15) is 8.78 Å². The molecule has 0 bridgehead atoms. The van der Waals surface area contributed by atoms with Crippen LogP contribution in [0.1, 0.15) is 42.0 Å². The molecule has 1 atom stereocenters. The van der Waals surface area contributed by atoms with Gasteiger partial charge in [0, 0.05) is 11.1 Å². The maximum Gasteiger partial charge on any atom is 0.387 e.